The number of methoxy groups -OCH3 is 1. The maximum atomic E-state index is 13.3. The molecule has 3 aromatic rings. The number of benzene rings is 3. The van der Waals surface area contributed by atoms with Crippen LogP contribution in [0.15, 0.2) is 77.7 Å². The van der Waals surface area contributed by atoms with Gasteiger partial charge in [0, 0.05) is 5.69 Å². The van der Waals surface area contributed by atoms with Crippen molar-refractivity contribution in [2.24, 2.45) is 0 Å². The number of anilines is 2. The lowest BCUT2D eigenvalue weighted by Gasteiger charge is -2.25. The number of carbonyl (C=O) groups is 1. The molecule has 0 aromatic heterocycles. The Morgan fingerprint density at radius 3 is 2.20 bits per heavy atom. The van der Waals surface area contributed by atoms with Gasteiger partial charge in [0.2, 0.25) is 5.91 Å². The summed E-state index contributed by atoms with van der Waals surface area (Å²) in [7, 11) is -2.37. The number of hydrogen-bond donors (Lipinski definition) is 1. The molecular weight excluding hydrogens is 400 g/mol. The summed E-state index contributed by atoms with van der Waals surface area (Å²) in [6.07, 6.45) is 0. The number of carbonyl (C=O) groups excluding carboxylic acids is 1. The largest absolute Gasteiger partial charge is 0.497 e. The zero-order valence-electron chi connectivity index (χ0n) is 17.1. The number of aryl methyl sites for hydroxylation is 2. The Labute approximate surface area is 177 Å². The maximum absolute atomic E-state index is 13.3. The number of amides is 1. The highest BCUT2D eigenvalue weighted by atomic mass is 32.2. The van der Waals surface area contributed by atoms with E-state index in [0.29, 0.717) is 17.1 Å². The Kier molecular flexibility index (Phi) is 6.42. The molecule has 0 fully saturated rings. The van der Waals surface area contributed by atoms with Crippen molar-refractivity contribution in [3.05, 3.63) is 83.9 Å². The average molecular weight is 425 g/mol. The normalized spacial score (nSPS) is 11.0. The number of nitrogens with one attached hydrogen (secondary N) is 1. The second kappa shape index (κ2) is 9.00. The smallest absolute Gasteiger partial charge is 0.264 e. The Morgan fingerprint density at radius 1 is 0.933 bits per heavy atom. The predicted molar refractivity (Wildman–Crippen MR) is 119 cm³/mol. The molecule has 156 valence electrons. The number of ether oxygens (including phenoxy) is 1. The maximum Gasteiger partial charge on any atom is 0.264 e. The van der Waals surface area contributed by atoms with Gasteiger partial charge in [-0.25, -0.2) is 8.42 Å². The SMILES string of the molecule is COc1ccc(NC(=O)CN(c2ccc(C)c(C)c2)S(=O)(=O)c2ccccc2)cc1. The van der Waals surface area contributed by atoms with Crippen LogP contribution >= 0.6 is 0 Å². The fourth-order valence-corrected chi connectivity index (χ4v) is 4.35. The molecular formula is C23H24N2O4S. The van der Waals surface area contributed by atoms with Crippen molar-refractivity contribution in [1.29, 1.82) is 0 Å². The third-order valence-corrected chi connectivity index (χ3v) is 6.56. The summed E-state index contributed by atoms with van der Waals surface area (Å²) < 4.78 is 32.9. The summed E-state index contributed by atoms with van der Waals surface area (Å²) in [5, 5.41) is 2.74. The van der Waals surface area contributed by atoms with Crippen LogP contribution in [0.4, 0.5) is 11.4 Å². The Hall–Kier alpha value is -3.32. The first-order valence-electron chi connectivity index (χ1n) is 9.40. The topological polar surface area (TPSA) is 75.7 Å². The molecule has 7 heteroatoms. The van der Waals surface area contributed by atoms with E-state index in [9.17, 15) is 13.2 Å². The molecule has 3 aromatic carbocycles. The van der Waals surface area contributed by atoms with Gasteiger partial charge in [-0.3, -0.25) is 9.10 Å². The highest BCUT2D eigenvalue weighted by Gasteiger charge is 2.27. The monoisotopic (exact) mass is 424 g/mol. The first-order chi connectivity index (χ1) is 14.3. The average Bonchev–Trinajstić information content (AvgIpc) is 2.75. The minimum Gasteiger partial charge on any atom is -0.497 e. The van der Waals surface area contributed by atoms with E-state index in [1.807, 2.05) is 19.9 Å². The molecule has 0 saturated carbocycles. The Bertz CT molecular complexity index is 1130. The van der Waals surface area contributed by atoms with E-state index in [2.05, 4.69) is 5.32 Å². The lowest BCUT2D eigenvalue weighted by atomic mass is 10.1. The molecule has 0 radical (unpaired) electrons. The third kappa shape index (κ3) is 4.80. The van der Waals surface area contributed by atoms with E-state index >= 15 is 0 Å². The van der Waals surface area contributed by atoms with E-state index in [1.165, 1.54) is 12.1 Å². The van der Waals surface area contributed by atoms with Crippen molar-refractivity contribution in [3.63, 3.8) is 0 Å². The van der Waals surface area contributed by atoms with Gasteiger partial charge in [0.1, 0.15) is 12.3 Å². The molecule has 0 aliphatic heterocycles. The van der Waals surface area contributed by atoms with Crippen molar-refractivity contribution in [2.75, 3.05) is 23.3 Å². The molecule has 0 bridgehead atoms. The van der Waals surface area contributed by atoms with Crippen molar-refractivity contribution >= 4 is 27.3 Å². The number of sulfonamides is 1. The van der Waals surface area contributed by atoms with Crippen LogP contribution in [0.1, 0.15) is 11.1 Å². The van der Waals surface area contributed by atoms with Gasteiger partial charge in [-0.15, -0.1) is 0 Å². The van der Waals surface area contributed by atoms with Crippen LogP contribution in [-0.4, -0.2) is 28.0 Å². The third-order valence-electron chi connectivity index (χ3n) is 4.77. The van der Waals surface area contributed by atoms with E-state index in [-0.39, 0.29) is 11.4 Å². The lowest BCUT2D eigenvalue weighted by Crippen LogP contribution is -2.38. The Balaban J connectivity index is 1.92. The minimum atomic E-state index is -3.93. The second-order valence-electron chi connectivity index (χ2n) is 6.87. The van der Waals surface area contributed by atoms with Gasteiger partial charge in [-0.2, -0.15) is 0 Å². The highest BCUT2D eigenvalue weighted by molar-refractivity contribution is 7.92. The van der Waals surface area contributed by atoms with Gasteiger partial charge in [-0.1, -0.05) is 24.3 Å². The van der Waals surface area contributed by atoms with Gasteiger partial charge in [-0.05, 0) is 73.5 Å². The predicted octanol–water partition coefficient (Wildman–Crippen LogP) is 4.15. The van der Waals surface area contributed by atoms with Gasteiger partial charge >= 0.3 is 0 Å². The molecule has 0 saturated heterocycles. The van der Waals surface area contributed by atoms with Gasteiger partial charge in [0.25, 0.3) is 10.0 Å². The molecule has 0 spiro atoms. The number of rotatable bonds is 7. The van der Waals surface area contributed by atoms with E-state index < -0.39 is 15.9 Å². The summed E-state index contributed by atoms with van der Waals surface area (Å²) in [5.74, 6) is 0.217. The number of nitrogens with zero attached hydrogens (tertiary/aromatic N) is 1. The van der Waals surface area contributed by atoms with Crippen molar-refractivity contribution in [2.45, 2.75) is 18.7 Å². The van der Waals surface area contributed by atoms with Gasteiger partial charge in [0.05, 0.1) is 17.7 Å². The van der Waals surface area contributed by atoms with Crippen LogP contribution < -0.4 is 14.4 Å². The standard InChI is InChI=1S/C23H24N2O4S/c1-17-9-12-20(15-18(17)2)25(30(27,28)22-7-5-4-6-8-22)16-23(26)24-19-10-13-21(29-3)14-11-19/h4-15H,16H2,1-3H3,(H,24,26). The second-order valence-corrected chi connectivity index (χ2v) is 8.73. The van der Waals surface area contributed by atoms with Crippen molar-refractivity contribution in [3.8, 4) is 5.75 Å². The van der Waals surface area contributed by atoms with Crippen LogP contribution in [0.2, 0.25) is 0 Å². The molecule has 0 aliphatic carbocycles. The van der Waals surface area contributed by atoms with Crippen LogP contribution in [0, 0.1) is 13.8 Å². The highest BCUT2D eigenvalue weighted by Crippen LogP contribution is 2.26. The summed E-state index contributed by atoms with van der Waals surface area (Å²) in [5.41, 5.74) is 2.97. The first kappa shape index (κ1) is 21.4. The molecule has 0 aliphatic rings. The number of hydrogen-bond acceptors (Lipinski definition) is 4. The van der Waals surface area contributed by atoms with Gasteiger partial charge in [0.15, 0.2) is 0 Å². The van der Waals surface area contributed by atoms with Crippen LogP contribution in [0.25, 0.3) is 0 Å². The minimum absolute atomic E-state index is 0.125. The fraction of sp³-hybridized carbons (Fsp3) is 0.174. The van der Waals surface area contributed by atoms with Crippen molar-refractivity contribution < 1.29 is 17.9 Å². The van der Waals surface area contributed by atoms with E-state index in [4.69, 9.17) is 4.74 Å². The molecule has 0 atom stereocenters. The Morgan fingerprint density at radius 2 is 1.60 bits per heavy atom. The molecule has 3 rings (SSSR count). The molecule has 6 nitrogen and oxygen atoms in total. The zero-order valence-corrected chi connectivity index (χ0v) is 17.9. The first-order valence-corrected chi connectivity index (χ1v) is 10.8. The summed E-state index contributed by atoms with van der Waals surface area (Å²) in [6, 6.07) is 20.3. The lowest BCUT2D eigenvalue weighted by molar-refractivity contribution is -0.114. The fourth-order valence-electron chi connectivity index (χ4n) is 2.92. The summed E-state index contributed by atoms with van der Waals surface area (Å²) in [6.45, 7) is 3.50. The molecule has 1 amide bonds. The molecule has 1 N–H and O–H groups in total. The quantitative estimate of drug-likeness (QED) is 0.618. The van der Waals surface area contributed by atoms with E-state index in [0.717, 1.165) is 15.4 Å². The summed E-state index contributed by atoms with van der Waals surface area (Å²) in [4.78, 5) is 12.9. The zero-order chi connectivity index (χ0) is 21.7. The van der Waals surface area contributed by atoms with Crippen molar-refractivity contribution in [1.82, 2.24) is 0 Å². The molecule has 30 heavy (non-hydrogen) atoms. The summed E-state index contributed by atoms with van der Waals surface area (Å²) >= 11 is 0. The molecule has 0 unspecified atom stereocenters. The van der Waals surface area contributed by atoms with Gasteiger partial charge < -0.3 is 10.1 Å². The van der Waals surface area contributed by atoms with E-state index in [1.54, 1.807) is 61.7 Å². The van der Waals surface area contributed by atoms with Crippen LogP contribution in [-0.2, 0) is 14.8 Å². The van der Waals surface area contributed by atoms with Crippen LogP contribution in [0.5, 0.6) is 5.75 Å². The van der Waals surface area contributed by atoms with Crippen LogP contribution in [0.3, 0.4) is 0 Å². The molecule has 0 heterocycles.